The molecule has 2 aliphatic heterocycles. The number of rotatable bonds is 7. The molecule has 0 saturated carbocycles. The van der Waals surface area contributed by atoms with Crippen LogP contribution in [0.5, 0.6) is 0 Å². The van der Waals surface area contributed by atoms with Crippen molar-refractivity contribution in [3.63, 3.8) is 0 Å². The molecule has 4 rings (SSSR count). The van der Waals surface area contributed by atoms with E-state index in [9.17, 15) is 9.59 Å². The van der Waals surface area contributed by atoms with Gasteiger partial charge in [-0.3, -0.25) is 0 Å². The highest BCUT2D eigenvalue weighted by Crippen LogP contribution is 2.56. The highest BCUT2D eigenvalue weighted by atomic mass is 32.2. The largest absolute Gasteiger partial charge is 0.462 e. The van der Waals surface area contributed by atoms with Crippen LogP contribution >= 0.6 is 11.8 Å². The zero-order chi connectivity index (χ0) is 21.3. The van der Waals surface area contributed by atoms with Crippen molar-refractivity contribution in [2.75, 3.05) is 13.2 Å². The Labute approximate surface area is 181 Å². The summed E-state index contributed by atoms with van der Waals surface area (Å²) in [5.74, 6) is -0.438. The summed E-state index contributed by atoms with van der Waals surface area (Å²) in [5.41, 5.74) is 1.95. The van der Waals surface area contributed by atoms with Gasteiger partial charge in [-0.25, -0.2) is 9.59 Å². The molecule has 0 N–H and O–H groups in total. The van der Waals surface area contributed by atoms with Crippen LogP contribution in [0.2, 0.25) is 0 Å². The molecule has 6 heteroatoms. The fourth-order valence-corrected chi connectivity index (χ4v) is 4.92. The van der Waals surface area contributed by atoms with Crippen molar-refractivity contribution in [3.8, 4) is 0 Å². The van der Waals surface area contributed by atoms with Crippen molar-refractivity contribution in [1.82, 2.24) is 0 Å². The number of hydrogen-bond donors (Lipinski definition) is 0. The molecule has 1 aromatic carbocycles. The van der Waals surface area contributed by atoms with Crippen LogP contribution < -0.4 is 0 Å². The first kappa shape index (κ1) is 20.9. The van der Waals surface area contributed by atoms with Gasteiger partial charge in [-0.1, -0.05) is 43.5 Å². The highest BCUT2D eigenvalue weighted by molar-refractivity contribution is 8.03. The standard InChI is InChI=1S/C24H26O5S/c1-4-15(12-27-23(25)14(2)3)13-28-24(26)16-9-10-20-18(11-16)22-21(29-22)17-7-5-6-8-19(17)30-20/h5-6,8-11,15,17,21-22H,2,4,7,12-13H2,1,3H3. The summed E-state index contributed by atoms with van der Waals surface area (Å²) in [6, 6.07) is 5.71. The number of ether oxygens (including phenoxy) is 3. The molecule has 2 heterocycles. The maximum atomic E-state index is 12.6. The lowest BCUT2D eigenvalue weighted by molar-refractivity contribution is -0.140. The number of thioether (sulfide) groups is 1. The third-order valence-electron chi connectivity index (χ3n) is 5.68. The normalized spacial score (nSPS) is 24.3. The van der Waals surface area contributed by atoms with E-state index in [0.29, 0.717) is 17.1 Å². The Hall–Kier alpha value is -2.31. The van der Waals surface area contributed by atoms with Gasteiger partial charge in [0.2, 0.25) is 0 Å². The van der Waals surface area contributed by atoms with E-state index in [1.165, 1.54) is 4.91 Å². The van der Waals surface area contributed by atoms with Gasteiger partial charge in [0.15, 0.2) is 0 Å². The van der Waals surface area contributed by atoms with E-state index in [-0.39, 0.29) is 37.3 Å². The van der Waals surface area contributed by atoms with E-state index < -0.39 is 5.97 Å². The number of carbonyl (C=O) groups excluding carboxylic acids is 2. The van der Waals surface area contributed by atoms with Crippen LogP contribution in [0.15, 0.2) is 58.4 Å². The quantitative estimate of drug-likeness (QED) is 0.347. The van der Waals surface area contributed by atoms with Crippen LogP contribution in [0, 0.1) is 11.8 Å². The molecule has 1 fully saturated rings. The summed E-state index contributed by atoms with van der Waals surface area (Å²) in [5, 5.41) is 0. The van der Waals surface area contributed by atoms with Gasteiger partial charge >= 0.3 is 11.9 Å². The Bertz CT molecular complexity index is 932. The van der Waals surface area contributed by atoms with Crippen molar-refractivity contribution in [3.05, 3.63) is 64.6 Å². The van der Waals surface area contributed by atoms with Crippen LogP contribution in [-0.4, -0.2) is 31.3 Å². The minimum Gasteiger partial charge on any atom is -0.462 e. The van der Waals surface area contributed by atoms with Crippen molar-refractivity contribution >= 4 is 23.7 Å². The second-order valence-corrected chi connectivity index (χ2v) is 9.08. The summed E-state index contributed by atoms with van der Waals surface area (Å²) in [4.78, 5) is 26.7. The second kappa shape index (κ2) is 8.82. The molecular weight excluding hydrogens is 400 g/mol. The predicted octanol–water partition coefficient (Wildman–Crippen LogP) is 4.99. The number of epoxide rings is 1. The zero-order valence-corrected chi connectivity index (χ0v) is 18.1. The second-order valence-electron chi connectivity index (χ2n) is 7.97. The molecule has 0 aromatic heterocycles. The number of fused-ring (bicyclic) bond motifs is 5. The maximum Gasteiger partial charge on any atom is 0.338 e. The van der Waals surface area contributed by atoms with E-state index in [1.807, 2.05) is 25.1 Å². The fourth-order valence-electron chi connectivity index (χ4n) is 3.71. The third-order valence-corrected chi connectivity index (χ3v) is 6.95. The van der Waals surface area contributed by atoms with Crippen molar-refractivity contribution < 1.29 is 23.8 Å². The molecule has 3 aliphatic rings. The fraction of sp³-hybridized carbons (Fsp3) is 0.417. The average molecular weight is 427 g/mol. The SMILES string of the molecule is C=C(C)C(=O)OCC(CC)COC(=O)c1ccc2c(c1)C1OC1C1CC=CC=C1S2. The summed E-state index contributed by atoms with van der Waals surface area (Å²) in [6.07, 6.45) is 8.42. The van der Waals surface area contributed by atoms with E-state index in [4.69, 9.17) is 14.2 Å². The molecular formula is C24H26O5S. The van der Waals surface area contributed by atoms with E-state index in [0.717, 1.165) is 23.3 Å². The average Bonchev–Trinajstić information content (AvgIpc) is 3.55. The summed E-state index contributed by atoms with van der Waals surface area (Å²) < 4.78 is 16.7. The van der Waals surface area contributed by atoms with Gasteiger partial charge in [0.05, 0.1) is 24.9 Å². The van der Waals surface area contributed by atoms with Crippen LogP contribution in [0.25, 0.3) is 0 Å². The lowest BCUT2D eigenvalue weighted by Gasteiger charge is -2.18. The molecule has 4 atom stereocenters. The highest BCUT2D eigenvalue weighted by Gasteiger charge is 2.50. The monoisotopic (exact) mass is 426 g/mol. The molecule has 5 nitrogen and oxygen atoms in total. The molecule has 4 unspecified atom stereocenters. The summed E-state index contributed by atoms with van der Waals surface area (Å²) in [6.45, 7) is 7.56. The number of carbonyl (C=O) groups is 2. The van der Waals surface area contributed by atoms with Gasteiger partial charge in [-0.2, -0.15) is 0 Å². The Morgan fingerprint density at radius 2 is 2.10 bits per heavy atom. The number of allylic oxidation sites excluding steroid dienone is 3. The van der Waals surface area contributed by atoms with Crippen molar-refractivity contribution in [2.45, 2.75) is 43.8 Å². The molecule has 158 valence electrons. The Morgan fingerprint density at radius 3 is 2.87 bits per heavy atom. The minimum atomic E-state index is -0.423. The Kier molecular flexibility index (Phi) is 6.16. The van der Waals surface area contributed by atoms with Crippen LogP contribution in [0.4, 0.5) is 0 Å². The molecule has 1 saturated heterocycles. The molecule has 0 amide bonds. The van der Waals surface area contributed by atoms with Gasteiger partial charge in [0, 0.05) is 22.3 Å². The predicted molar refractivity (Wildman–Crippen MR) is 115 cm³/mol. The molecule has 0 spiro atoms. The lowest BCUT2D eigenvalue weighted by atomic mass is 9.93. The lowest BCUT2D eigenvalue weighted by Crippen LogP contribution is -2.20. The zero-order valence-electron chi connectivity index (χ0n) is 17.3. The molecule has 1 aliphatic carbocycles. The van der Waals surface area contributed by atoms with E-state index in [2.05, 4.69) is 24.8 Å². The Balaban J connectivity index is 1.40. The molecule has 0 bridgehead atoms. The first-order chi connectivity index (χ1) is 14.5. The van der Waals surface area contributed by atoms with E-state index in [1.54, 1.807) is 18.7 Å². The molecule has 0 radical (unpaired) electrons. The minimum absolute atomic E-state index is 0.0487. The van der Waals surface area contributed by atoms with Crippen LogP contribution in [0.3, 0.4) is 0 Å². The van der Waals surface area contributed by atoms with Crippen molar-refractivity contribution in [1.29, 1.82) is 0 Å². The van der Waals surface area contributed by atoms with Gasteiger partial charge in [0.1, 0.15) is 6.10 Å². The van der Waals surface area contributed by atoms with Gasteiger partial charge in [-0.15, -0.1) is 0 Å². The van der Waals surface area contributed by atoms with Crippen molar-refractivity contribution in [2.24, 2.45) is 11.8 Å². The smallest absolute Gasteiger partial charge is 0.338 e. The molecule has 30 heavy (non-hydrogen) atoms. The number of hydrogen-bond acceptors (Lipinski definition) is 6. The molecule has 1 aromatic rings. The van der Waals surface area contributed by atoms with Crippen LogP contribution in [0.1, 0.15) is 48.7 Å². The summed E-state index contributed by atoms with van der Waals surface area (Å²) in [7, 11) is 0. The van der Waals surface area contributed by atoms with Crippen LogP contribution in [-0.2, 0) is 19.0 Å². The number of benzene rings is 1. The third kappa shape index (κ3) is 4.40. The number of esters is 2. The first-order valence-electron chi connectivity index (χ1n) is 10.3. The van der Waals surface area contributed by atoms with Gasteiger partial charge < -0.3 is 14.2 Å². The Morgan fingerprint density at radius 1 is 1.30 bits per heavy atom. The maximum absolute atomic E-state index is 12.6. The first-order valence-corrected chi connectivity index (χ1v) is 11.1. The van der Waals surface area contributed by atoms with Gasteiger partial charge in [0.25, 0.3) is 0 Å². The topological polar surface area (TPSA) is 65.1 Å². The van der Waals surface area contributed by atoms with Gasteiger partial charge in [-0.05, 0) is 48.4 Å². The van der Waals surface area contributed by atoms with E-state index >= 15 is 0 Å². The summed E-state index contributed by atoms with van der Waals surface area (Å²) >= 11 is 1.77.